The third-order valence-corrected chi connectivity index (χ3v) is 4.58. The minimum absolute atomic E-state index is 0.334. The van der Waals surface area contributed by atoms with E-state index in [1.807, 2.05) is 11.8 Å². The second-order valence-corrected chi connectivity index (χ2v) is 5.67. The second kappa shape index (κ2) is 6.47. The summed E-state index contributed by atoms with van der Waals surface area (Å²) in [5, 5.41) is 3.34. The summed E-state index contributed by atoms with van der Waals surface area (Å²) in [6.45, 7) is 4.77. The molecule has 16 heavy (non-hydrogen) atoms. The summed E-state index contributed by atoms with van der Waals surface area (Å²) in [6, 6.07) is -0.0168. The molecule has 0 saturated carbocycles. The Labute approximate surface area is 102 Å². The van der Waals surface area contributed by atoms with Crippen LogP contribution < -0.4 is 11.1 Å². The first kappa shape index (κ1) is 13.8. The van der Waals surface area contributed by atoms with Crippen molar-refractivity contribution in [3.63, 3.8) is 0 Å². The maximum absolute atomic E-state index is 11.3. The molecule has 1 aliphatic heterocycles. The number of ether oxygens (including phenoxy) is 1. The fourth-order valence-corrected chi connectivity index (χ4v) is 3.44. The first-order valence-electron chi connectivity index (χ1n) is 5.68. The number of carbonyl (C=O) groups excluding carboxylic acids is 1. The maximum Gasteiger partial charge on any atom is 0.236 e. The van der Waals surface area contributed by atoms with E-state index >= 15 is 0 Å². The van der Waals surface area contributed by atoms with Gasteiger partial charge in [0.2, 0.25) is 5.91 Å². The van der Waals surface area contributed by atoms with Crippen LogP contribution in [0.5, 0.6) is 0 Å². The molecule has 0 spiro atoms. The van der Waals surface area contributed by atoms with Crippen LogP contribution in [0, 0.1) is 11.8 Å². The van der Waals surface area contributed by atoms with Crippen LogP contribution in [0.3, 0.4) is 0 Å². The van der Waals surface area contributed by atoms with Gasteiger partial charge in [-0.2, -0.15) is 11.8 Å². The average molecular weight is 246 g/mol. The van der Waals surface area contributed by atoms with Crippen LogP contribution in [-0.2, 0) is 9.53 Å². The molecule has 1 heterocycles. The van der Waals surface area contributed by atoms with Crippen molar-refractivity contribution in [3.8, 4) is 0 Å². The number of hydrogen-bond acceptors (Lipinski definition) is 4. The number of primary amides is 1. The number of thioether (sulfide) groups is 1. The van der Waals surface area contributed by atoms with Crippen LogP contribution in [0.1, 0.15) is 13.8 Å². The lowest BCUT2D eigenvalue weighted by molar-refractivity contribution is -0.121. The summed E-state index contributed by atoms with van der Waals surface area (Å²) < 4.78 is 5.01. The lowest BCUT2D eigenvalue weighted by atomic mass is 9.91. The summed E-state index contributed by atoms with van der Waals surface area (Å²) >= 11 is 1.98. The highest BCUT2D eigenvalue weighted by Gasteiger charge is 2.31. The molecule has 3 N–H and O–H groups in total. The highest BCUT2D eigenvalue weighted by Crippen LogP contribution is 2.27. The molecule has 0 aromatic carbocycles. The van der Waals surface area contributed by atoms with Gasteiger partial charge in [-0.25, -0.2) is 0 Å². The van der Waals surface area contributed by atoms with E-state index in [0.717, 1.165) is 11.5 Å². The highest BCUT2D eigenvalue weighted by atomic mass is 32.2. The molecule has 1 rings (SSSR count). The van der Waals surface area contributed by atoms with Crippen LogP contribution in [0.4, 0.5) is 0 Å². The van der Waals surface area contributed by atoms with E-state index in [1.165, 1.54) is 0 Å². The van der Waals surface area contributed by atoms with Gasteiger partial charge in [0.15, 0.2) is 0 Å². The molecule has 0 aliphatic carbocycles. The first-order valence-corrected chi connectivity index (χ1v) is 6.83. The fourth-order valence-electron chi connectivity index (χ4n) is 2.15. The van der Waals surface area contributed by atoms with Gasteiger partial charge < -0.3 is 15.8 Å². The molecule has 5 heteroatoms. The number of nitrogens with one attached hydrogen (secondary N) is 1. The smallest absolute Gasteiger partial charge is 0.236 e. The Kier molecular flexibility index (Phi) is 5.58. The molecule has 1 saturated heterocycles. The van der Waals surface area contributed by atoms with Gasteiger partial charge in [-0.3, -0.25) is 4.79 Å². The third-order valence-electron chi connectivity index (χ3n) is 3.06. The predicted octanol–water partition coefficient (Wildman–Crippen LogP) is 0.464. The number of methoxy groups -OCH3 is 1. The molecule has 0 aromatic heterocycles. The van der Waals surface area contributed by atoms with E-state index in [2.05, 4.69) is 19.2 Å². The maximum atomic E-state index is 11.3. The first-order chi connectivity index (χ1) is 7.56. The zero-order chi connectivity index (χ0) is 12.1. The molecule has 1 fully saturated rings. The number of rotatable bonds is 5. The predicted molar refractivity (Wildman–Crippen MR) is 67.4 cm³/mol. The normalized spacial score (nSPS) is 32.3. The Morgan fingerprint density at radius 3 is 2.50 bits per heavy atom. The van der Waals surface area contributed by atoms with Crippen molar-refractivity contribution in [1.29, 1.82) is 0 Å². The number of amides is 1. The van der Waals surface area contributed by atoms with Crippen molar-refractivity contribution in [2.75, 3.05) is 25.2 Å². The second-order valence-electron chi connectivity index (χ2n) is 4.59. The minimum Gasteiger partial charge on any atom is -0.383 e. The van der Waals surface area contributed by atoms with Crippen molar-refractivity contribution in [2.45, 2.75) is 25.9 Å². The van der Waals surface area contributed by atoms with E-state index in [0.29, 0.717) is 24.5 Å². The molecule has 0 radical (unpaired) electrons. The Bertz CT molecular complexity index is 228. The van der Waals surface area contributed by atoms with Crippen LogP contribution in [0.15, 0.2) is 0 Å². The standard InChI is InChI=1S/C11H22N2O2S/c1-7-5-16-6-8(2)10(7)13-9(4-15-3)11(12)14/h7-10,13H,4-6H2,1-3H3,(H2,12,14)/t7?,8?,9-,10?/m0/s1. The van der Waals surface area contributed by atoms with E-state index < -0.39 is 0 Å². The van der Waals surface area contributed by atoms with E-state index in [-0.39, 0.29) is 11.9 Å². The zero-order valence-electron chi connectivity index (χ0n) is 10.2. The van der Waals surface area contributed by atoms with Gasteiger partial charge >= 0.3 is 0 Å². The molecular weight excluding hydrogens is 224 g/mol. The molecule has 0 aromatic rings. The Balaban J connectivity index is 2.57. The van der Waals surface area contributed by atoms with Crippen molar-refractivity contribution >= 4 is 17.7 Å². The highest BCUT2D eigenvalue weighted by molar-refractivity contribution is 7.99. The van der Waals surface area contributed by atoms with E-state index in [4.69, 9.17) is 10.5 Å². The van der Waals surface area contributed by atoms with Crippen molar-refractivity contribution in [2.24, 2.45) is 17.6 Å². The van der Waals surface area contributed by atoms with Crippen LogP contribution in [0.2, 0.25) is 0 Å². The van der Waals surface area contributed by atoms with E-state index in [1.54, 1.807) is 7.11 Å². The van der Waals surface area contributed by atoms with Gasteiger partial charge in [-0.1, -0.05) is 13.8 Å². The average Bonchev–Trinajstić information content (AvgIpc) is 2.21. The summed E-state index contributed by atoms with van der Waals surface area (Å²) in [5.41, 5.74) is 5.34. The van der Waals surface area contributed by atoms with Crippen molar-refractivity contribution in [1.82, 2.24) is 5.32 Å². The van der Waals surface area contributed by atoms with Gasteiger partial charge in [-0.15, -0.1) is 0 Å². The number of nitrogens with two attached hydrogens (primary N) is 1. The lowest BCUT2D eigenvalue weighted by Gasteiger charge is -2.36. The Morgan fingerprint density at radius 1 is 1.50 bits per heavy atom. The van der Waals surface area contributed by atoms with Crippen molar-refractivity contribution < 1.29 is 9.53 Å². The molecule has 3 atom stereocenters. The van der Waals surface area contributed by atoms with Crippen molar-refractivity contribution in [3.05, 3.63) is 0 Å². The topological polar surface area (TPSA) is 64.3 Å². The molecule has 1 amide bonds. The van der Waals surface area contributed by atoms with Crippen LogP contribution in [-0.4, -0.2) is 43.2 Å². The Morgan fingerprint density at radius 2 is 2.06 bits per heavy atom. The lowest BCUT2D eigenvalue weighted by Crippen LogP contribution is -2.55. The summed E-state index contributed by atoms with van der Waals surface area (Å²) in [7, 11) is 1.58. The van der Waals surface area contributed by atoms with E-state index in [9.17, 15) is 4.79 Å². The monoisotopic (exact) mass is 246 g/mol. The van der Waals surface area contributed by atoms with Gasteiger partial charge in [-0.05, 0) is 23.3 Å². The van der Waals surface area contributed by atoms with Gasteiger partial charge in [0, 0.05) is 13.2 Å². The zero-order valence-corrected chi connectivity index (χ0v) is 11.0. The SMILES string of the molecule is COC[C@H](NC1C(C)CSCC1C)C(N)=O. The summed E-state index contributed by atoms with van der Waals surface area (Å²) in [4.78, 5) is 11.3. The molecular formula is C11H22N2O2S. The summed E-state index contributed by atoms with van der Waals surface area (Å²) in [5.74, 6) is 3.07. The molecule has 1 aliphatic rings. The molecule has 4 nitrogen and oxygen atoms in total. The number of hydrogen-bond donors (Lipinski definition) is 2. The molecule has 2 unspecified atom stereocenters. The van der Waals surface area contributed by atoms with Crippen LogP contribution in [0.25, 0.3) is 0 Å². The minimum atomic E-state index is -0.372. The molecule has 0 bridgehead atoms. The Hall–Kier alpha value is -0.260. The van der Waals surface area contributed by atoms with Crippen LogP contribution >= 0.6 is 11.8 Å². The quantitative estimate of drug-likeness (QED) is 0.740. The number of carbonyl (C=O) groups is 1. The fraction of sp³-hybridized carbons (Fsp3) is 0.909. The summed E-state index contributed by atoms with van der Waals surface area (Å²) in [6.07, 6.45) is 0. The van der Waals surface area contributed by atoms with Gasteiger partial charge in [0.25, 0.3) is 0 Å². The largest absolute Gasteiger partial charge is 0.383 e. The van der Waals surface area contributed by atoms with Gasteiger partial charge in [0.1, 0.15) is 6.04 Å². The molecule has 94 valence electrons. The third kappa shape index (κ3) is 3.64. The van der Waals surface area contributed by atoms with Gasteiger partial charge in [0.05, 0.1) is 6.61 Å².